The average molecular weight is 874 g/mol. The van der Waals surface area contributed by atoms with E-state index in [1.807, 2.05) is 24.1 Å². The number of likely N-dealkylation sites (tertiary alicyclic amines) is 1. The molecule has 59 heavy (non-hydrogen) atoms. The second-order valence-corrected chi connectivity index (χ2v) is 19.6. The summed E-state index contributed by atoms with van der Waals surface area (Å²) in [6.45, 7) is 4.74. The molecule has 3 aromatic carbocycles. The van der Waals surface area contributed by atoms with Gasteiger partial charge in [0.05, 0.1) is 30.1 Å². The Morgan fingerprint density at radius 3 is 2.14 bits per heavy atom. The van der Waals surface area contributed by atoms with E-state index in [0.29, 0.717) is 11.5 Å². The summed E-state index contributed by atoms with van der Waals surface area (Å²) in [5.74, 6) is 3.18. The lowest BCUT2D eigenvalue weighted by Crippen LogP contribution is -2.65. The largest absolute Gasteiger partial charge is 0.496 e. The van der Waals surface area contributed by atoms with Gasteiger partial charge < -0.3 is 35.2 Å². The van der Waals surface area contributed by atoms with E-state index in [2.05, 4.69) is 42.6 Å². The topological polar surface area (TPSA) is 149 Å². The van der Waals surface area contributed by atoms with Crippen molar-refractivity contribution in [2.24, 2.45) is 23.7 Å². The van der Waals surface area contributed by atoms with Crippen molar-refractivity contribution >= 4 is 58.4 Å². The molecule has 6 fully saturated rings. The van der Waals surface area contributed by atoms with Crippen LogP contribution in [0.4, 0.5) is 0 Å². The van der Waals surface area contributed by atoms with Crippen LogP contribution in [0.1, 0.15) is 87.6 Å². The molecule has 5 N–H and O–H groups in total. The molecule has 1 amide bonds. The third-order valence-corrected chi connectivity index (χ3v) is 15.0. The Balaban J connectivity index is 0.000000198. The number of hydrogen-bond acceptors (Lipinski definition) is 9. The number of carbonyl (C=O) groups is 2. The number of hydrogen-bond donors (Lipinski definition) is 5. The summed E-state index contributed by atoms with van der Waals surface area (Å²) in [7, 11) is 3.74. The molecule has 4 aliphatic carbocycles. The summed E-state index contributed by atoms with van der Waals surface area (Å²) in [5.41, 5.74) is 3.71. The molecule has 0 radical (unpaired) electrons. The SMILES string of the molecule is CCC[C@@H]1C[C@@H](C(=O)N[C@@H]([C@H]2O[C@H](SC)[C@H](O)[C@@H](O)[C@H]2O)[C@H](C)Cl)N(C)C1.COc1ccc(-c2ccc3cc(C(=O)O)ccc3c2)cc1C12CC3CC(CC(C3)C1)C2.Cl. The standard InChI is InChI=1S/C28H28O3.C18H33ClN2O5S.ClH/c1-31-26-7-6-23(21-2-3-22-12-24(27(29)30)5-4-20(22)11-21)13-25(26)28-14-17-8-18(15-28)10-19(9-17)16-28;1-5-6-10-7-11(21(3)8-10)17(25)20-12(9(2)19)16-14(23)13(22)15(24)18(26-16)27-4;/h2-7,11-13,17-19H,8-10,14-16H2,1H3,(H,29,30);9-16,18,22-24H,5-8H2,1-4H3,(H,20,25);1H/t;9-,10+,11-,12+,13-,14+,15+,16+,18+;/m.0./s1. The van der Waals surface area contributed by atoms with Crippen molar-refractivity contribution in [2.45, 2.75) is 124 Å². The summed E-state index contributed by atoms with van der Waals surface area (Å²) in [6.07, 6.45) is 8.15. The maximum Gasteiger partial charge on any atom is 0.335 e. The van der Waals surface area contributed by atoms with Gasteiger partial charge >= 0.3 is 5.97 Å². The molecule has 6 aliphatic rings. The van der Waals surface area contributed by atoms with Gasteiger partial charge in [-0.3, -0.25) is 9.69 Å². The highest BCUT2D eigenvalue weighted by Crippen LogP contribution is 2.62. The van der Waals surface area contributed by atoms with Crippen LogP contribution in [-0.2, 0) is 14.9 Å². The molecule has 3 aromatic rings. The number of alkyl halides is 1. The molecule has 13 heteroatoms. The summed E-state index contributed by atoms with van der Waals surface area (Å²) in [6, 6.07) is 17.4. The highest BCUT2D eigenvalue weighted by atomic mass is 35.5. The number of nitrogens with zero attached hydrogens (tertiary/aromatic N) is 1. The van der Waals surface area contributed by atoms with E-state index in [1.54, 1.807) is 32.4 Å². The molecule has 4 saturated carbocycles. The number of halogens is 2. The number of fused-ring (bicyclic) bond motifs is 1. The van der Waals surface area contributed by atoms with Gasteiger partial charge in [-0.05, 0) is 153 Å². The summed E-state index contributed by atoms with van der Waals surface area (Å²) in [5, 5.41) is 44.3. The number of methoxy groups -OCH3 is 1. The van der Waals surface area contributed by atoms with Gasteiger partial charge in [0.25, 0.3) is 0 Å². The monoisotopic (exact) mass is 872 g/mol. The molecule has 324 valence electrons. The van der Waals surface area contributed by atoms with E-state index in [1.165, 1.54) is 67.0 Å². The van der Waals surface area contributed by atoms with E-state index in [-0.39, 0.29) is 29.8 Å². The van der Waals surface area contributed by atoms with E-state index in [0.717, 1.165) is 60.1 Å². The van der Waals surface area contributed by atoms with E-state index in [9.17, 15) is 30.0 Å². The lowest BCUT2D eigenvalue weighted by molar-refractivity contribution is -0.205. The minimum Gasteiger partial charge on any atom is -0.496 e. The van der Waals surface area contributed by atoms with Crippen LogP contribution < -0.4 is 10.1 Å². The number of thioether (sulfide) groups is 1. The van der Waals surface area contributed by atoms with Crippen molar-refractivity contribution in [3.63, 3.8) is 0 Å². The minimum absolute atomic E-state index is 0. The molecule has 9 atom stereocenters. The number of carbonyl (C=O) groups excluding carboxylic acids is 1. The molecule has 0 spiro atoms. The van der Waals surface area contributed by atoms with E-state index in [4.69, 9.17) is 21.1 Å². The highest BCUT2D eigenvalue weighted by Gasteiger charge is 2.53. The quantitative estimate of drug-likeness (QED) is 0.123. The first-order valence-electron chi connectivity index (χ1n) is 21.1. The first-order valence-corrected chi connectivity index (χ1v) is 22.8. The van der Waals surface area contributed by atoms with Crippen LogP contribution >= 0.6 is 35.8 Å². The first kappa shape index (κ1) is 45.9. The molecule has 0 aromatic heterocycles. The van der Waals surface area contributed by atoms with Gasteiger partial charge in [-0.25, -0.2) is 4.79 Å². The van der Waals surface area contributed by atoms with Crippen molar-refractivity contribution in [2.75, 3.05) is 27.0 Å². The zero-order chi connectivity index (χ0) is 41.5. The highest BCUT2D eigenvalue weighted by molar-refractivity contribution is 7.99. The molecular weight excluding hydrogens is 811 g/mol. The predicted octanol–water partition coefficient (Wildman–Crippen LogP) is 7.49. The second-order valence-electron chi connectivity index (χ2n) is 17.9. The van der Waals surface area contributed by atoms with Crippen LogP contribution in [0.5, 0.6) is 5.75 Å². The van der Waals surface area contributed by atoms with Crippen molar-refractivity contribution in [3.8, 4) is 16.9 Å². The van der Waals surface area contributed by atoms with Crippen molar-refractivity contribution < 1.29 is 39.5 Å². The Morgan fingerprint density at radius 1 is 0.932 bits per heavy atom. The normalized spacial score (nSPS) is 33.4. The first-order chi connectivity index (χ1) is 27.7. The number of aliphatic hydroxyl groups excluding tert-OH is 3. The van der Waals surface area contributed by atoms with Gasteiger partial charge in [0.1, 0.15) is 35.6 Å². The fraction of sp³-hybridized carbons (Fsp3) is 0.609. The van der Waals surface area contributed by atoms with E-state index >= 15 is 0 Å². The van der Waals surface area contributed by atoms with Gasteiger partial charge in [0, 0.05) is 12.1 Å². The van der Waals surface area contributed by atoms with Gasteiger partial charge in [-0.15, -0.1) is 35.8 Å². The smallest absolute Gasteiger partial charge is 0.335 e. The van der Waals surface area contributed by atoms with Crippen molar-refractivity contribution in [3.05, 3.63) is 65.7 Å². The number of aliphatic hydroxyl groups is 3. The number of carboxylic acid groups (broad SMARTS) is 1. The Bertz CT molecular complexity index is 1910. The molecule has 9 rings (SSSR count). The zero-order valence-corrected chi connectivity index (χ0v) is 37.1. The summed E-state index contributed by atoms with van der Waals surface area (Å²) < 4.78 is 11.7. The lowest BCUT2D eigenvalue weighted by Gasteiger charge is -2.57. The second kappa shape index (κ2) is 19.2. The predicted molar refractivity (Wildman–Crippen MR) is 237 cm³/mol. The number of aromatic carboxylic acids is 1. The van der Waals surface area contributed by atoms with Gasteiger partial charge in [-0.2, -0.15) is 0 Å². The van der Waals surface area contributed by atoms with Crippen LogP contribution in [0.15, 0.2) is 54.6 Å². The Kier molecular flexibility index (Phi) is 14.9. The number of likely N-dealkylation sites (N-methyl/N-ethyl adjacent to an activating group) is 1. The fourth-order valence-corrected chi connectivity index (χ4v) is 12.3. The third kappa shape index (κ3) is 9.58. The minimum atomic E-state index is -1.36. The number of benzene rings is 3. The number of ether oxygens (including phenoxy) is 2. The van der Waals surface area contributed by atoms with Crippen LogP contribution in [0.2, 0.25) is 0 Å². The average Bonchev–Trinajstić information content (AvgIpc) is 3.58. The van der Waals surface area contributed by atoms with Crippen LogP contribution in [0, 0.1) is 23.7 Å². The maximum atomic E-state index is 12.9. The number of rotatable bonds is 11. The Hall–Kier alpha value is -2.61. The van der Waals surface area contributed by atoms with Crippen LogP contribution in [-0.4, -0.2) is 111 Å². The number of amides is 1. The number of nitrogens with one attached hydrogen (secondary N) is 1. The number of carboxylic acids is 1. The molecular formula is C46H62Cl2N2O8S. The zero-order valence-electron chi connectivity index (χ0n) is 34.8. The van der Waals surface area contributed by atoms with Crippen molar-refractivity contribution in [1.29, 1.82) is 0 Å². The lowest BCUT2D eigenvalue weighted by atomic mass is 9.48. The molecule has 4 bridgehead atoms. The maximum absolute atomic E-state index is 12.9. The summed E-state index contributed by atoms with van der Waals surface area (Å²) >= 11 is 7.55. The molecule has 10 nitrogen and oxygen atoms in total. The van der Waals surface area contributed by atoms with Gasteiger partial charge in [0.15, 0.2) is 0 Å². The summed E-state index contributed by atoms with van der Waals surface area (Å²) in [4.78, 5) is 26.2. The van der Waals surface area contributed by atoms with Gasteiger partial charge in [0.2, 0.25) is 5.91 Å². The molecule has 0 unspecified atom stereocenters. The van der Waals surface area contributed by atoms with Crippen molar-refractivity contribution in [1.82, 2.24) is 10.2 Å². The molecule has 2 saturated heterocycles. The fourth-order valence-electron chi connectivity index (χ4n) is 11.4. The third-order valence-electron chi connectivity index (χ3n) is 13.9. The Labute approximate surface area is 364 Å². The molecule has 2 aliphatic heterocycles. The van der Waals surface area contributed by atoms with Crippen LogP contribution in [0.25, 0.3) is 21.9 Å². The molecule has 2 heterocycles. The Morgan fingerprint density at radius 2 is 1.54 bits per heavy atom. The van der Waals surface area contributed by atoms with Gasteiger partial charge in [-0.1, -0.05) is 37.6 Å². The van der Waals surface area contributed by atoms with Crippen LogP contribution in [0.3, 0.4) is 0 Å². The van der Waals surface area contributed by atoms with E-state index < -0.39 is 47.2 Å².